The van der Waals surface area contributed by atoms with Gasteiger partial charge in [0.05, 0.1) is 5.41 Å². The molecule has 0 bridgehead atoms. The zero-order chi connectivity index (χ0) is 12.6. The number of halogens is 1. The third-order valence-corrected chi connectivity index (χ3v) is 3.06. The Bertz CT molecular complexity index is 588. The molecular weight excluding hydrogens is 219 g/mol. The first kappa shape index (κ1) is 11.6. The predicted octanol–water partition coefficient (Wildman–Crippen LogP) is 3.34. The highest BCUT2D eigenvalue weighted by atomic mass is 19.1. The van der Waals surface area contributed by atoms with Crippen molar-refractivity contribution < 1.29 is 14.3 Å². The maximum absolute atomic E-state index is 13.0. The molecule has 17 heavy (non-hydrogen) atoms. The monoisotopic (exact) mass is 232 g/mol. The van der Waals surface area contributed by atoms with Crippen molar-refractivity contribution in [2.45, 2.75) is 19.3 Å². The van der Waals surface area contributed by atoms with Crippen LogP contribution in [0.1, 0.15) is 19.4 Å². The van der Waals surface area contributed by atoms with E-state index in [9.17, 15) is 9.18 Å². The molecule has 2 aromatic rings. The highest BCUT2D eigenvalue weighted by Crippen LogP contribution is 2.27. The highest BCUT2D eigenvalue weighted by Gasteiger charge is 2.29. The van der Waals surface area contributed by atoms with Gasteiger partial charge in [0.15, 0.2) is 0 Å². The van der Waals surface area contributed by atoms with Crippen LogP contribution in [0, 0.1) is 5.82 Å². The Kier molecular flexibility index (Phi) is 2.62. The standard InChI is InChI=1S/C14H13FO2/c1-14(2,13(16)17)11-5-3-10-8-12(15)6-4-9(10)7-11/h3-8H,1-2H3,(H,16,17). The minimum atomic E-state index is -0.942. The van der Waals surface area contributed by atoms with Gasteiger partial charge < -0.3 is 5.11 Å². The normalized spacial score (nSPS) is 11.7. The summed E-state index contributed by atoms with van der Waals surface area (Å²) in [5.41, 5.74) is -0.230. The molecule has 1 N–H and O–H groups in total. The molecular formula is C14H13FO2. The van der Waals surface area contributed by atoms with E-state index in [1.807, 2.05) is 0 Å². The molecule has 3 heteroatoms. The van der Waals surface area contributed by atoms with Gasteiger partial charge >= 0.3 is 5.97 Å². The summed E-state index contributed by atoms with van der Waals surface area (Å²) in [5.74, 6) is -1.17. The van der Waals surface area contributed by atoms with Crippen molar-refractivity contribution in [3.05, 3.63) is 47.8 Å². The molecule has 0 spiro atoms. The van der Waals surface area contributed by atoms with Gasteiger partial charge in [0.1, 0.15) is 5.82 Å². The maximum Gasteiger partial charge on any atom is 0.313 e. The Morgan fingerprint density at radius 2 is 1.71 bits per heavy atom. The van der Waals surface area contributed by atoms with Crippen molar-refractivity contribution in [1.29, 1.82) is 0 Å². The van der Waals surface area contributed by atoms with E-state index < -0.39 is 11.4 Å². The fourth-order valence-electron chi connectivity index (χ4n) is 1.73. The Labute approximate surface area is 98.7 Å². The lowest BCUT2D eigenvalue weighted by Gasteiger charge is -2.20. The van der Waals surface area contributed by atoms with Gasteiger partial charge in [-0.15, -0.1) is 0 Å². The number of hydrogen-bond acceptors (Lipinski definition) is 1. The molecule has 2 aromatic carbocycles. The van der Waals surface area contributed by atoms with Crippen LogP contribution in [-0.2, 0) is 10.2 Å². The minimum absolute atomic E-state index is 0.289. The SMILES string of the molecule is CC(C)(C(=O)O)c1ccc2cc(F)ccc2c1. The number of carboxylic acids is 1. The molecule has 2 rings (SSSR count). The Balaban J connectivity index is 2.59. The first-order valence-corrected chi connectivity index (χ1v) is 5.34. The summed E-state index contributed by atoms with van der Waals surface area (Å²) < 4.78 is 13.0. The van der Waals surface area contributed by atoms with E-state index >= 15 is 0 Å². The van der Waals surface area contributed by atoms with Crippen LogP contribution in [0.25, 0.3) is 10.8 Å². The predicted molar refractivity (Wildman–Crippen MR) is 64.6 cm³/mol. The topological polar surface area (TPSA) is 37.3 Å². The summed E-state index contributed by atoms with van der Waals surface area (Å²) >= 11 is 0. The largest absolute Gasteiger partial charge is 0.481 e. The van der Waals surface area contributed by atoms with Crippen LogP contribution < -0.4 is 0 Å². The van der Waals surface area contributed by atoms with Gasteiger partial charge in [-0.1, -0.05) is 24.3 Å². The van der Waals surface area contributed by atoms with Crippen molar-refractivity contribution in [1.82, 2.24) is 0 Å². The Morgan fingerprint density at radius 1 is 1.12 bits per heavy atom. The molecule has 0 aliphatic carbocycles. The quantitative estimate of drug-likeness (QED) is 0.862. The minimum Gasteiger partial charge on any atom is -0.481 e. The molecule has 0 fully saturated rings. The van der Waals surface area contributed by atoms with Gasteiger partial charge in [-0.3, -0.25) is 4.79 Å². The first-order valence-electron chi connectivity index (χ1n) is 5.34. The van der Waals surface area contributed by atoms with E-state index in [1.165, 1.54) is 12.1 Å². The van der Waals surface area contributed by atoms with Crippen molar-refractivity contribution in [2.24, 2.45) is 0 Å². The third-order valence-electron chi connectivity index (χ3n) is 3.06. The molecule has 0 aliphatic rings. The van der Waals surface area contributed by atoms with Gasteiger partial charge in [0, 0.05) is 0 Å². The third kappa shape index (κ3) is 2.00. The lowest BCUT2D eigenvalue weighted by atomic mass is 9.84. The fourth-order valence-corrected chi connectivity index (χ4v) is 1.73. The van der Waals surface area contributed by atoms with Crippen molar-refractivity contribution in [3.8, 4) is 0 Å². The van der Waals surface area contributed by atoms with Gasteiger partial charge in [-0.2, -0.15) is 0 Å². The summed E-state index contributed by atoms with van der Waals surface area (Å²) in [6.07, 6.45) is 0. The average molecular weight is 232 g/mol. The summed E-state index contributed by atoms with van der Waals surface area (Å²) in [6.45, 7) is 3.31. The van der Waals surface area contributed by atoms with E-state index in [1.54, 1.807) is 38.1 Å². The molecule has 0 heterocycles. The van der Waals surface area contributed by atoms with Crippen LogP contribution in [0.4, 0.5) is 4.39 Å². The lowest BCUT2D eigenvalue weighted by Crippen LogP contribution is -2.28. The number of rotatable bonds is 2. The second kappa shape index (κ2) is 3.84. The van der Waals surface area contributed by atoms with E-state index in [2.05, 4.69) is 0 Å². The first-order chi connectivity index (χ1) is 7.91. The second-order valence-corrected chi connectivity index (χ2v) is 4.64. The molecule has 0 saturated carbocycles. The number of carbonyl (C=O) groups is 1. The fraction of sp³-hybridized carbons (Fsp3) is 0.214. The molecule has 0 amide bonds. The van der Waals surface area contributed by atoms with Crippen LogP contribution in [0.5, 0.6) is 0 Å². The lowest BCUT2D eigenvalue weighted by molar-refractivity contribution is -0.142. The number of aliphatic carboxylic acids is 1. The van der Waals surface area contributed by atoms with Crippen LogP contribution in [-0.4, -0.2) is 11.1 Å². The van der Waals surface area contributed by atoms with E-state index in [-0.39, 0.29) is 5.82 Å². The zero-order valence-corrected chi connectivity index (χ0v) is 9.70. The molecule has 0 aromatic heterocycles. The van der Waals surface area contributed by atoms with Crippen LogP contribution in [0.3, 0.4) is 0 Å². The molecule has 2 nitrogen and oxygen atoms in total. The van der Waals surface area contributed by atoms with Crippen LogP contribution in [0.2, 0.25) is 0 Å². The van der Waals surface area contributed by atoms with E-state index in [0.717, 1.165) is 10.8 Å². The molecule has 0 saturated heterocycles. The molecule has 0 radical (unpaired) electrons. The molecule has 0 aliphatic heterocycles. The second-order valence-electron chi connectivity index (χ2n) is 4.64. The number of hydrogen-bond donors (Lipinski definition) is 1. The summed E-state index contributed by atoms with van der Waals surface area (Å²) in [7, 11) is 0. The maximum atomic E-state index is 13.0. The Morgan fingerprint density at radius 3 is 2.35 bits per heavy atom. The van der Waals surface area contributed by atoms with Gasteiger partial charge in [0.25, 0.3) is 0 Å². The van der Waals surface area contributed by atoms with Gasteiger partial charge in [0.2, 0.25) is 0 Å². The van der Waals surface area contributed by atoms with Gasteiger partial charge in [-0.25, -0.2) is 4.39 Å². The van der Waals surface area contributed by atoms with Crippen molar-refractivity contribution in [3.63, 3.8) is 0 Å². The zero-order valence-electron chi connectivity index (χ0n) is 9.70. The number of benzene rings is 2. The van der Waals surface area contributed by atoms with Gasteiger partial charge in [-0.05, 0) is 42.3 Å². The van der Waals surface area contributed by atoms with E-state index in [0.29, 0.717) is 5.56 Å². The van der Waals surface area contributed by atoms with Crippen LogP contribution >= 0.6 is 0 Å². The highest BCUT2D eigenvalue weighted by molar-refractivity contribution is 5.87. The molecule has 88 valence electrons. The van der Waals surface area contributed by atoms with E-state index in [4.69, 9.17) is 5.11 Å². The number of carboxylic acid groups (broad SMARTS) is 1. The average Bonchev–Trinajstić information content (AvgIpc) is 2.28. The smallest absolute Gasteiger partial charge is 0.313 e. The molecule has 0 unspecified atom stereocenters. The van der Waals surface area contributed by atoms with Crippen LogP contribution in [0.15, 0.2) is 36.4 Å². The Hall–Kier alpha value is -1.90. The summed E-state index contributed by atoms with van der Waals surface area (Å²) in [6, 6.07) is 9.75. The number of fused-ring (bicyclic) bond motifs is 1. The summed E-state index contributed by atoms with van der Waals surface area (Å²) in [4.78, 5) is 11.2. The molecule has 0 atom stereocenters. The van der Waals surface area contributed by atoms with Crippen molar-refractivity contribution >= 4 is 16.7 Å². The van der Waals surface area contributed by atoms with Crippen molar-refractivity contribution in [2.75, 3.05) is 0 Å². The summed E-state index contributed by atoms with van der Waals surface area (Å²) in [5, 5.41) is 10.8.